The van der Waals surface area contributed by atoms with Gasteiger partial charge in [-0.25, -0.2) is 0 Å². The molecule has 0 unspecified atom stereocenters. The van der Waals surface area contributed by atoms with Crippen molar-refractivity contribution in [3.63, 3.8) is 0 Å². The van der Waals surface area contributed by atoms with Crippen molar-refractivity contribution in [3.05, 3.63) is 29.8 Å². The van der Waals surface area contributed by atoms with Crippen LogP contribution in [0, 0.1) is 6.92 Å². The van der Waals surface area contributed by atoms with Crippen LogP contribution in [0.5, 0.6) is 0 Å². The predicted molar refractivity (Wildman–Crippen MR) is 162 cm³/mol. The fourth-order valence-electron chi connectivity index (χ4n) is 4.12. The summed E-state index contributed by atoms with van der Waals surface area (Å²) >= 11 is 3.29. The quantitative estimate of drug-likeness (QED) is 0.110. The molecule has 12 nitrogen and oxygen atoms in total. The van der Waals surface area contributed by atoms with Crippen molar-refractivity contribution >= 4 is 49.7 Å². The van der Waals surface area contributed by atoms with Gasteiger partial charge in [0.25, 0.3) is 10.1 Å². The third-order valence-electron chi connectivity index (χ3n) is 6.61. The number of alkyl halides is 1. The minimum Gasteiger partial charge on any atom is -1.00 e. The summed E-state index contributed by atoms with van der Waals surface area (Å²) in [5.74, 6) is 0.391. The molecular formula is C28H45Br2LiN4O8S. The molecule has 0 bridgehead atoms. The molecule has 4 saturated heterocycles. The van der Waals surface area contributed by atoms with Crippen LogP contribution in [-0.2, 0) is 33.5 Å². The summed E-state index contributed by atoms with van der Waals surface area (Å²) in [7, 11) is -3.73. The maximum Gasteiger partial charge on any atom is 1.00 e. The summed E-state index contributed by atoms with van der Waals surface area (Å²) in [6, 6.07) is 7.09. The maximum atomic E-state index is 11.8. The van der Waals surface area contributed by atoms with Crippen LogP contribution in [0.25, 0.3) is 0 Å². The molecule has 0 saturated carbocycles. The van der Waals surface area contributed by atoms with Crippen LogP contribution in [-0.4, -0.2) is 79.9 Å². The SMILES string of the molecule is C.C[C@H]1CCC(=O)N1.Cc1ccc(S(=O)(=O)OC[C@H]2CCC(=O)N2)cc1.O=C1CC[C@H](CBr)N1.O=C1CC[C@H](CO)N1.[Br-].[Li+]. The summed E-state index contributed by atoms with van der Waals surface area (Å²) in [6.45, 7) is 3.96. The van der Waals surface area contributed by atoms with E-state index in [1.165, 1.54) is 12.1 Å². The minimum atomic E-state index is -3.73. The smallest absolute Gasteiger partial charge is 1.00 e. The first kappa shape index (κ1) is 44.7. The number of rotatable bonds is 6. The van der Waals surface area contributed by atoms with Gasteiger partial charge in [-0.15, -0.1) is 0 Å². The van der Waals surface area contributed by atoms with E-state index in [0.29, 0.717) is 37.8 Å². The first-order chi connectivity index (χ1) is 19.4. The molecule has 16 heteroatoms. The molecule has 0 aromatic heterocycles. The second kappa shape index (κ2) is 22.9. The van der Waals surface area contributed by atoms with Gasteiger partial charge in [0.05, 0.1) is 30.2 Å². The third kappa shape index (κ3) is 17.3. The average Bonchev–Trinajstić information content (AvgIpc) is 3.74. The molecule has 4 atom stereocenters. The van der Waals surface area contributed by atoms with E-state index in [2.05, 4.69) is 37.2 Å². The van der Waals surface area contributed by atoms with Gasteiger partial charge >= 0.3 is 18.9 Å². The van der Waals surface area contributed by atoms with Gasteiger partial charge in [0.2, 0.25) is 23.6 Å². The number of benzene rings is 1. The Balaban J connectivity index is 0. The summed E-state index contributed by atoms with van der Waals surface area (Å²) in [4.78, 5) is 42.3. The zero-order valence-corrected chi connectivity index (χ0v) is 28.9. The average molecular weight is 765 g/mol. The van der Waals surface area contributed by atoms with Crippen LogP contribution in [0.15, 0.2) is 29.2 Å². The van der Waals surface area contributed by atoms with Gasteiger partial charge in [0.1, 0.15) is 0 Å². The van der Waals surface area contributed by atoms with Crippen LogP contribution >= 0.6 is 15.9 Å². The number of carbonyl (C=O) groups excluding carboxylic acids is 4. The molecule has 5 rings (SSSR count). The normalized spacial score (nSPS) is 23.2. The van der Waals surface area contributed by atoms with Crippen molar-refractivity contribution in [2.75, 3.05) is 18.5 Å². The Hall–Kier alpha value is -1.47. The molecule has 1 aromatic carbocycles. The summed E-state index contributed by atoms with van der Waals surface area (Å²) in [5, 5.41) is 20.2. The molecule has 0 radical (unpaired) electrons. The molecule has 44 heavy (non-hydrogen) atoms. The van der Waals surface area contributed by atoms with E-state index in [1.54, 1.807) is 12.1 Å². The number of carbonyl (C=O) groups is 4. The Morgan fingerprint density at radius 3 is 1.52 bits per heavy atom. The number of aryl methyl sites for hydroxylation is 1. The van der Waals surface area contributed by atoms with Crippen molar-refractivity contribution in [2.45, 2.75) is 102 Å². The van der Waals surface area contributed by atoms with Gasteiger partial charge < -0.3 is 43.4 Å². The van der Waals surface area contributed by atoms with Gasteiger partial charge in [0, 0.05) is 43.1 Å². The van der Waals surface area contributed by atoms with E-state index in [1.807, 2.05) is 13.8 Å². The van der Waals surface area contributed by atoms with Crippen LogP contribution in [0.4, 0.5) is 0 Å². The van der Waals surface area contributed by atoms with Crippen molar-refractivity contribution in [1.82, 2.24) is 21.3 Å². The Bertz CT molecular complexity index is 1120. The van der Waals surface area contributed by atoms with E-state index in [0.717, 1.165) is 36.6 Å². The third-order valence-corrected chi connectivity index (χ3v) is 8.68. The van der Waals surface area contributed by atoms with E-state index in [9.17, 15) is 27.6 Å². The van der Waals surface area contributed by atoms with E-state index < -0.39 is 10.1 Å². The Morgan fingerprint density at radius 2 is 1.23 bits per heavy atom. The molecule has 0 spiro atoms. The fourth-order valence-corrected chi connectivity index (χ4v) is 5.56. The Morgan fingerprint density at radius 1 is 0.795 bits per heavy atom. The number of aliphatic hydroxyl groups excluding tert-OH is 1. The van der Waals surface area contributed by atoms with Gasteiger partial charge in [-0.2, -0.15) is 8.42 Å². The molecule has 5 N–H and O–H groups in total. The largest absolute Gasteiger partial charge is 1.00 e. The zero-order chi connectivity index (χ0) is 30.4. The Labute approximate surface area is 292 Å². The number of hydrogen-bond acceptors (Lipinski definition) is 8. The van der Waals surface area contributed by atoms with Gasteiger partial charge in [-0.1, -0.05) is 41.1 Å². The van der Waals surface area contributed by atoms with Crippen LogP contribution in [0.1, 0.15) is 71.3 Å². The molecule has 4 aliphatic rings. The van der Waals surface area contributed by atoms with Crippen molar-refractivity contribution < 1.29 is 72.7 Å². The van der Waals surface area contributed by atoms with E-state index >= 15 is 0 Å². The van der Waals surface area contributed by atoms with Gasteiger partial charge in [0.15, 0.2) is 0 Å². The Kier molecular flexibility index (Phi) is 23.3. The molecule has 1 aromatic rings. The summed E-state index contributed by atoms with van der Waals surface area (Å²) < 4.78 is 28.6. The number of nitrogens with one attached hydrogen (secondary N) is 4. The summed E-state index contributed by atoms with van der Waals surface area (Å²) in [5.41, 5.74) is 0.983. The molecular weight excluding hydrogens is 719 g/mol. The van der Waals surface area contributed by atoms with Crippen molar-refractivity contribution in [3.8, 4) is 0 Å². The van der Waals surface area contributed by atoms with Crippen LogP contribution < -0.4 is 57.1 Å². The van der Waals surface area contributed by atoms with E-state index in [-0.39, 0.29) is 97.1 Å². The van der Waals surface area contributed by atoms with Crippen molar-refractivity contribution in [2.24, 2.45) is 0 Å². The number of amides is 4. The van der Waals surface area contributed by atoms with Crippen molar-refractivity contribution in [1.29, 1.82) is 0 Å². The predicted octanol–water partition coefficient (Wildman–Crippen LogP) is -4.17. The monoisotopic (exact) mass is 762 g/mol. The first-order valence-corrected chi connectivity index (χ1v) is 16.2. The standard InChI is InChI=1S/C12H15NO4S.C5H8BrNO.C5H9NO2.C5H9NO.CH4.BrH.Li/c1-9-2-5-11(6-3-9)18(15,16)17-8-10-4-7-12(14)13-10;6-3-4-1-2-5(8)7-4;7-3-4-1-2-5(8)6-4;1-4-2-3-5(7)6-4;;;/h2-3,5-6,10H,4,7-8H2,1H3,(H,13,14);4H,1-3H2,(H,7,8);4,7H,1-3H2,(H,6,8);4H,2-3H2,1H3,(H,6,7);1H4;1H;/q;;;;;;+1/p-1/t10-;3*4-;;;/m1110.../s1. The van der Waals surface area contributed by atoms with Gasteiger partial charge in [-0.05, 0) is 51.7 Å². The number of aliphatic hydroxyl groups is 1. The molecule has 4 fully saturated rings. The molecule has 4 amide bonds. The fraction of sp³-hybridized carbons (Fsp3) is 0.643. The van der Waals surface area contributed by atoms with E-state index in [4.69, 9.17) is 9.29 Å². The topological polar surface area (TPSA) is 180 Å². The molecule has 4 aliphatic heterocycles. The number of halogens is 2. The van der Waals surface area contributed by atoms with Crippen LogP contribution in [0.2, 0.25) is 0 Å². The second-order valence-electron chi connectivity index (χ2n) is 10.3. The molecule has 4 heterocycles. The summed E-state index contributed by atoms with van der Waals surface area (Å²) in [6.07, 6.45) is 5.84. The second-order valence-corrected chi connectivity index (χ2v) is 12.6. The number of hydrogen-bond donors (Lipinski definition) is 5. The van der Waals surface area contributed by atoms with Crippen LogP contribution in [0.3, 0.4) is 0 Å². The first-order valence-electron chi connectivity index (χ1n) is 13.7. The zero-order valence-electron chi connectivity index (χ0n) is 24.9. The minimum absolute atomic E-state index is 0. The molecule has 246 valence electrons. The van der Waals surface area contributed by atoms with Gasteiger partial charge in [-0.3, -0.25) is 23.4 Å². The maximum absolute atomic E-state index is 11.8. The molecule has 0 aliphatic carbocycles.